The van der Waals surface area contributed by atoms with Gasteiger partial charge in [-0.25, -0.2) is 8.42 Å². The average Bonchev–Trinajstić information content (AvgIpc) is 2.58. The molecule has 0 aromatic heterocycles. The minimum absolute atomic E-state index is 0.207. The van der Waals surface area contributed by atoms with Gasteiger partial charge in [0.1, 0.15) is 6.04 Å². The maximum Gasteiger partial charge on any atom is 0.245 e. The Bertz CT molecular complexity index is 942. The fourth-order valence-electron chi connectivity index (χ4n) is 3.19. The van der Waals surface area contributed by atoms with Crippen molar-refractivity contribution in [3.63, 3.8) is 0 Å². The molecule has 0 saturated carbocycles. The molecule has 1 aliphatic heterocycles. The van der Waals surface area contributed by atoms with Gasteiger partial charge >= 0.3 is 0 Å². The highest BCUT2D eigenvalue weighted by Crippen LogP contribution is 2.29. The molecule has 7 heteroatoms. The van der Waals surface area contributed by atoms with Gasteiger partial charge < -0.3 is 4.90 Å². The van der Waals surface area contributed by atoms with Crippen molar-refractivity contribution in [3.05, 3.63) is 58.6 Å². The van der Waals surface area contributed by atoms with E-state index in [9.17, 15) is 13.2 Å². The van der Waals surface area contributed by atoms with Gasteiger partial charge in [-0.15, -0.1) is 0 Å². The van der Waals surface area contributed by atoms with Crippen molar-refractivity contribution >= 4 is 33.2 Å². The molecule has 0 radical (unpaired) electrons. The van der Waals surface area contributed by atoms with Crippen molar-refractivity contribution in [2.24, 2.45) is 0 Å². The molecule has 0 bridgehead atoms. The Balaban J connectivity index is 1.89. The molecule has 1 heterocycles. The van der Waals surface area contributed by atoms with Crippen LogP contribution < -0.4 is 4.90 Å². The van der Waals surface area contributed by atoms with Crippen molar-refractivity contribution in [2.45, 2.75) is 31.7 Å². The molecule has 1 fully saturated rings. The van der Waals surface area contributed by atoms with Crippen LogP contribution in [0.4, 0.5) is 5.69 Å². The van der Waals surface area contributed by atoms with Crippen LogP contribution in [0.2, 0.25) is 5.02 Å². The summed E-state index contributed by atoms with van der Waals surface area (Å²) in [5, 5.41) is 0.604. The molecule has 138 valence electrons. The molecule has 1 saturated heterocycles. The summed E-state index contributed by atoms with van der Waals surface area (Å²) < 4.78 is 27.2. The number of amides is 1. The molecule has 1 unspecified atom stereocenters. The molecule has 2 aromatic rings. The SMILES string of the molecule is Cc1ccc(S(=O)(=O)N2CCN(c3ccc(Cl)cc3C)C(=O)C2C)cc1. The molecule has 26 heavy (non-hydrogen) atoms. The Kier molecular flexibility index (Phi) is 5.10. The van der Waals surface area contributed by atoms with E-state index in [-0.39, 0.29) is 17.3 Å². The van der Waals surface area contributed by atoms with Crippen molar-refractivity contribution < 1.29 is 13.2 Å². The van der Waals surface area contributed by atoms with Gasteiger partial charge in [0.15, 0.2) is 0 Å². The molecule has 1 atom stereocenters. The first-order valence-corrected chi connectivity index (χ1v) is 10.2. The van der Waals surface area contributed by atoms with Crippen LogP contribution in [0.25, 0.3) is 0 Å². The monoisotopic (exact) mass is 392 g/mol. The van der Waals surface area contributed by atoms with Crippen LogP contribution in [-0.4, -0.2) is 37.8 Å². The number of aryl methyl sites for hydroxylation is 2. The third-order valence-corrected chi connectivity index (χ3v) is 6.90. The topological polar surface area (TPSA) is 57.7 Å². The predicted octanol–water partition coefficient (Wildman–Crippen LogP) is 3.38. The smallest absolute Gasteiger partial charge is 0.245 e. The number of benzene rings is 2. The second-order valence-electron chi connectivity index (χ2n) is 6.53. The van der Waals surface area contributed by atoms with Gasteiger partial charge in [-0.2, -0.15) is 4.31 Å². The van der Waals surface area contributed by atoms with Gasteiger partial charge in [0.05, 0.1) is 4.90 Å². The maximum atomic E-state index is 12.9. The lowest BCUT2D eigenvalue weighted by Gasteiger charge is -2.38. The zero-order valence-electron chi connectivity index (χ0n) is 14.9. The fourth-order valence-corrected chi connectivity index (χ4v) is 4.99. The fraction of sp³-hybridized carbons (Fsp3) is 0.316. The molecule has 0 spiro atoms. The van der Waals surface area contributed by atoms with E-state index in [1.54, 1.807) is 54.3 Å². The highest BCUT2D eigenvalue weighted by atomic mass is 35.5. The van der Waals surface area contributed by atoms with Crippen LogP contribution >= 0.6 is 11.6 Å². The summed E-state index contributed by atoms with van der Waals surface area (Å²) >= 11 is 5.99. The third-order valence-electron chi connectivity index (χ3n) is 4.68. The minimum Gasteiger partial charge on any atom is -0.309 e. The Morgan fingerprint density at radius 3 is 2.31 bits per heavy atom. The third kappa shape index (κ3) is 3.37. The van der Waals surface area contributed by atoms with Crippen LogP contribution in [0.3, 0.4) is 0 Å². The largest absolute Gasteiger partial charge is 0.309 e. The molecular weight excluding hydrogens is 372 g/mol. The second-order valence-corrected chi connectivity index (χ2v) is 8.85. The minimum atomic E-state index is -3.72. The van der Waals surface area contributed by atoms with Crippen molar-refractivity contribution in [1.29, 1.82) is 0 Å². The van der Waals surface area contributed by atoms with E-state index in [1.165, 1.54) is 4.31 Å². The number of hydrogen-bond donors (Lipinski definition) is 0. The van der Waals surface area contributed by atoms with Gasteiger partial charge in [0, 0.05) is 23.8 Å². The first-order chi connectivity index (χ1) is 12.2. The van der Waals surface area contributed by atoms with E-state index in [4.69, 9.17) is 11.6 Å². The van der Waals surface area contributed by atoms with Crippen LogP contribution in [-0.2, 0) is 14.8 Å². The zero-order valence-corrected chi connectivity index (χ0v) is 16.5. The van der Waals surface area contributed by atoms with Gasteiger partial charge in [0.25, 0.3) is 0 Å². The number of nitrogens with zero attached hydrogens (tertiary/aromatic N) is 2. The molecule has 2 aromatic carbocycles. The van der Waals surface area contributed by atoms with E-state index < -0.39 is 16.1 Å². The van der Waals surface area contributed by atoms with E-state index in [0.29, 0.717) is 11.6 Å². The number of halogens is 1. The van der Waals surface area contributed by atoms with E-state index in [0.717, 1.165) is 16.8 Å². The lowest BCUT2D eigenvalue weighted by molar-refractivity contribution is -0.123. The van der Waals surface area contributed by atoms with Crippen LogP contribution in [0.15, 0.2) is 47.4 Å². The lowest BCUT2D eigenvalue weighted by atomic mass is 10.1. The van der Waals surface area contributed by atoms with E-state index in [2.05, 4.69) is 0 Å². The summed E-state index contributed by atoms with van der Waals surface area (Å²) in [7, 11) is -3.72. The summed E-state index contributed by atoms with van der Waals surface area (Å²) in [5.74, 6) is -0.239. The summed E-state index contributed by atoms with van der Waals surface area (Å²) in [4.78, 5) is 14.7. The number of anilines is 1. The normalized spacial score (nSPS) is 19.0. The Labute approximate surface area is 159 Å². The maximum absolute atomic E-state index is 12.9. The van der Waals surface area contributed by atoms with Gasteiger partial charge in [-0.3, -0.25) is 4.79 Å². The predicted molar refractivity (Wildman–Crippen MR) is 103 cm³/mol. The van der Waals surface area contributed by atoms with E-state index in [1.807, 2.05) is 13.8 Å². The Morgan fingerprint density at radius 1 is 1.04 bits per heavy atom. The van der Waals surface area contributed by atoms with Gasteiger partial charge in [-0.1, -0.05) is 29.3 Å². The van der Waals surface area contributed by atoms with Gasteiger partial charge in [-0.05, 0) is 56.7 Å². The number of rotatable bonds is 3. The van der Waals surface area contributed by atoms with Crippen LogP contribution in [0.5, 0.6) is 0 Å². The number of carbonyl (C=O) groups excluding carboxylic acids is 1. The van der Waals surface area contributed by atoms with E-state index >= 15 is 0 Å². The number of hydrogen-bond acceptors (Lipinski definition) is 3. The quantitative estimate of drug-likeness (QED) is 0.804. The molecule has 3 rings (SSSR count). The Morgan fingerprint density at radius 2 is 1.69 bits per heavy atom. The molecule has 0 aliphatic carbocycles. The zero-order chi connectivity index (χ0) is 19.1. The van der Waals surface area contributed by atoms with Crippen molar-refractivity contribution in [1.82, 2.24) is 4.31 Å². The number of piperazine rings is 1. The molecule has 1 aliphatic rings. The second kappa shape index (κ2) is 7.02. The molecular formula is C19H21ClN2O3S. The Hall–Kier alpha value is -1.89. The first kappa shape index (κ1) is 18.9. The van der Waals surface area contributed by atoms with Gasteiger partial charge in [0.2, 0.25) is 15.9 Å². The molecule has 0 N–H and O–H groups in total. The van der Waals surface area contributed by atoms with Crippen molar-refractivity contribution in [2.75, 3.05) is 18.0 Å². The molecule has 5 nitrogen and oxygen atoms in total. The summed E-state index contributed by atoms with van der Waals surface area (Å²) in [5.41, 5.74) is 2.63. The highest BCUT2D eigenvalue weighted by Gasteiger charge is 2.39. The standard InChI is InChI=1S/C19H21ClN2O3S/c1-13-4-7-17(8-5-13)26(24,25)22-11-10-21(19(23)15(22)3)18-9-6-16(20)12-14(18)2/h4-9,12,15H,10-11H2,1-3H3. The average molecular weight is 393 g/mol. The molecule has 1 amide bonds. The lowest BCUT2D eigenvalue weighted by Crippen LogP contribution is -2.57. The number of carbonyl (C=O) groups is 1. The highest BCUT2D eigenvalue weighted by molar-refractivity contribution is 7.89. The van der Waals surface area contributed by atoms with Crippen molar-refractivity contribution in [3.8, 4) is 0 Å². The van der Waals surface area contributed by atoms with Crippen LogP contribution in [0.1, 0.15) is 18.1 Å². The van der Waals surface area contributed by atoms with Crippen LogP contribution in [0, 0.1) is 13.8 Å². The summed E-state index contributed by atoms with van der Waals surface area (Å²) in [6.45, 7) is 5.96. The first-order valence-electron chi connectivity index (χ1n) is 8.38. The number of sulfonamides is 1. The summed E-state index contributed by atoms with van der Waals surface area (Å²) in [6, 6.07) is 11.2. The summed E-state index contributed by atoms with van der Waals surface area (Å²) in [6.07, 6.45) is 0.